The molecule has 0 amide bonds. The zero-order valence-electron chi connectivity index (χ0n) is 10.7. The molecular weight excluding hydrogens is 200 g/mol. The van der Waals surface area contributed by atoms with Crippen LogP contribution < -0.4 is 10.1 Å². The van der Waals surface area contributed by atoms with E-state index in [0.29, 0.717) is 6.04 Å². The molecule has 3 heteroatoms. The lowest BCUT2D eigenvalue weighted by Crippen LogP contribution is -2.31. The van der Waals surface area contributed by atoms with Gasteiger partial charge in [-0.1, -0.05) is 19.1 Å². The standard InChI is InChI=1S/C13H22N2O/c1-5-14-13(10-15(2)3)11-7-6-8-12(9-11)16-4/h6-9,13-14H,5,10H2,1-4H3. The van der Waals surface area contributed by atoms with Crippen LogP contribution in [0.4, 0.5) is 0 Å². The molecule has 0 aliphatic heterocycles. The zero-order chi connectivity index (χ0) is 12.0. The van der Waals surface area contributed by atoms with Gasteiger partial charge in [-0.25, -0.2) is 0 Å². The van der Waals surface area contributed by atoms with E-state index in [4.69, 9.17) is 4.74 Å². The Labute approximate surface area is 98.4 Å². The van der Waals surface area contributed by atoms with E-state index in [9.17, 15) is 0 Å². The number of hydrogen-bond acceptors (Lipinski definition) is 3. The van der Waals surface area contributed by atoms with Gasteiger partial charge in [0.25, 0.3) is 0 Å². The van der Waals surface area contributed by atoms with Crippen molar-refractivity contribution in [3.63, 3.8) is 0 Å². The first kappa shape index (κ1) is 13.0. The van der Waals surface area contributed by atoms with E-state index in [1.54, 1.807) is 7.11 Å². The first-order valence-electron chi connectivity index (χ1n) is 5.69. The van der Waals surface area contributed by atoms with Gasteiger partial charge in [-0.05, 0) is 38.3 Å². The minimum absolute atomic E-state index is 0.357. The number of ether oxygens (including phenoxy) is 1. The van der Waals surface area contributed by atoms with Crippen LogP contribution >= 0.6 is 0 Å². The molecule has 1 unspecified atom stereocenters. The molecule has 3 nitrogen and oxygen atoms in total. The maximum Gasteiger partial charge on any atom is 0.119 e. The monoisotopic (exact) mass is 222 g/mol. The minimum atomic E-state index is 0.357. The zero-order valence-corrected chi connectivity index (χ0v) is 10.7. The van der Waals surface area contributed by atoms with Crippen LogP contribution in [0.2, 0.25) is 0 Å². The second-order valence-corrected chi connectivity index (χ2v) is 4.15. The number of benzene rings is 1. The van der Waals surface area contributed by atoms with Crippen LogP contribution in [0.15, 0.2) is 24.3 Å². The molecular formula is C13H22N2O. The van der Waals surface area contributed by atoms with Crippen molar-refractivity contribution in [3.8, 4) is 5.75 Å². The molecule has 0 saturated heterocycles. The van der Waals surface area contributed by atoms with Crippen LogP contribution in [-0.4, -0.2) is 39.2 Å². The molecule has 0 radical (unpaired) electrons. The Morgan fingerprint density at radius 3 is 2.69 bits per heavy atom. The molecule has 1 N–H and O–H groups in total. The molecule has 1 rings (SSSR count). The van der Waals surface area contributed by atoms with Crippen molar-refractivity contribution < 1.29 is 4.74 Å². The van der Waals surface area contributed by atoms with E-state index in [1.165, 1.54) is 5.56 Å². The largest absolute Gasteiger partial charge is 0.497 e. The number of methoxy groups -OCH3 is 1. The summed E-state index contributed by atoms with van der Waals surface area (Å²) in [6.45, 7) is 4.08. The van der Waals surface area contributed by atoms with Gasteiger partial charge in [0, 0.05) is 12.6 Å². The summed E-state index contributed by atoms with van der Waals surface area (Å²) in [5, 5.41) is 3.48. The number of rotatable bonds is 6. The molecule has 90 valence electrons. The van der Waals surface area contributed by atoms with Crippen LogP contribution in [0, 0.1) is 0 Å². The Morgan fingerprint density at radius 1 is 1.38 bits per heavy atom. The van der Waals surface area contributed by atoms with Crippen molar-refractivity contribution in [3.05, 3.63) is 29.8 Å². The van der Waals surface area contributed by atoms with E-state index in [2.05, 4.69) is 43.4 Å². The molecule has 0 heterocycles. The van der Waals surface area contributed by atoms with E-state index in [1.807, 2.05) is 12.1 Å². The van der Waals surface area contributed by atoms with Gasteiger partial charge in [0.05, 0.1) is 7.11 Å². The lowest BCUT2D eigenvalue weighted by Gasteiger charge is -2.22. The minimum Gasteiger partial charge on any atom is -0.497 e. The molecule has 0 aliphatic rings. The molecule has 0 aromatic heterocycles. The van der Waals surface area contributed by atoms with Crippen LogP contribution in [0.25, 0.3) is 0 Å². The highest BCUT2D eigenvalue weighted by Gasteiger charge is 2.11. The van der Waals surface area contributed by atoms with Crippen LogP contribution in [0.1, 0.15) is 18.5 Å². The average molecular weight is 222 g/mol. The summed E-state index contributed by atoms with van der Waals surface area (Å²) in [5.74, 6) is 0.916. The highest BCUT2D eigenvalue weighted by atomic mass is 16.5. The van der Waals surface area contributed by atoms with Crippen LogP contribution in [0.3, 0.4) is 0 Å². The maximum absolute atomic E-state index is 5.25. The molecule has 0 spiro atoms. The molecule has 0 saturated carbocycles. The number of hydrogen-bond donors (Lipinski definition) is 1. The summed E-state index contributed by atoms with van der Waals surface area (Å²) in [6, 6.07) is 8.60. The van der Waals surface area contributed by atoms with Gasteiger partial charge in [0.15, 0.2) is 0 Å². The van der Waals surface area contributed by atoms with E-state index >= 15 is 0 Å². The highest BCUT2D eigenvalue weighted by molar-refractivity contribution is 5.30. The fourth-order valence-electron chi connectivity index (χ4n) is 1.76. The first-order valence-corrected chi connectivity index (χ1v) is 5.69. The van der Waals surface area contributed by atoms with Crippen LogP contribution in [-0.2, 0) is 0 Å². The quantitative estimate of drug-likeness (QED) is 0.795. The Hall–Kier alpha value is -1.06. The Bertz CT molecular complexity index is 313. The SMILES string of the molecule is CCNC(CN(C)C)c1cccc(OC)c1. The number of likely N-dealkylation sites (N-methyl/N-ethyl adjacent to an activating group) is 2. The second-order valence-electron chi connectivity index (χ2n) is 4.15. The predicted octanol–water partition coefficient (Wildman–Crippen LogP) is 1.91. The fourth-order valence-corrected chi connectivity index (χ4v) is 1.76. The van der Waals surface area contributed by atoms with Gasteiger partial charge in [-0.2, -0.15) is 0 Å². The van der Waals surface area contributed by atoms with Crippen molar-refractivity contribution >= 4 is 0 Å². The lowest BCUT2D eigenvalue weighted by molar-refractivity contribution is 0.344. The normalized spacial score (nSPS) is 12.8. The van der Waals surface area contributed by atoms with E-state index in [-0.39, 0.29) is 0 Å². The van der Waals surface area contributed by atoms with E-state index in [0.717, 1.165) is 18.8 Å². The van der Waals surface area contributed by atoms with Gasteiger partial charge in [-0.15, -0.1) is 0 Å². The van der Waals surface area contributed by atoms with Crippen molar-refractivity contribution in [1.82, 2.24) is 10.2 Å². The first-order chi connectivity index (χ1) is 7.67. The van der Waals surface area contributed by atoms with Crippen molar-refractivity contribution in [2.45, 2.75) is 13.0 Å². The summed E-state index contributed by atoms with van der Waals surface area (Å²) < 4.78 is 5.25. The summed E-state index contributed by atoms with van der Waals surface area (Å²) in [5.41, 5.74) is 1.27. The van der Waals surface area contributed by atoms with Gasteiger partial charge < -0.3 is 15.0 Å². The Kier molecular flexibility index (Phi) is 5.29. The molecule has 0 aliphatic carbocycles. The number of nitrogens with zero attached hydrogens (tertiary/aromatic N) is 1. The van der Waals surface area contributed by atoms with Crippen LogP contribution in [0.5, 0.6) is 5.75 Å². The summed E-state index contributed by atoms with van der Waals surface area (Å²) in [6.07, 6.45) is 0. The van der Waals surface area contributed by atoms with Gasteiger partial charge in [0.1, 0.15) is 5.75 Å². The predicted molar refractivity (Wildman–Crippen MR) is 68.0 cm³/mol. The fraction of sp³-hybridized carbons (Fsp3) is 0.538. The van der Waals surface area contributed by atoms with Crippen molar-refractivity contribution in [2.75, 3.05) is 34.3 Å². The van der Waals surface area contributed by atoms with Crippen molar-refractivity contribution in [2.24, 2.45) is 0 Å². The van der Waals surface area contributed by atoms with Gasteiger partial charge in [-0.3, -0.25) is 0 Å². The lowest BCUT2D eigenvalue weighted by atomic mass is 10.1. The third kappa shape index (κ3) is 3.83. The molecule has 0 bridgehead atoms. The molecule has 0 fully saturated rings. The summed E-state index contributed by atoms with van der Waals surface area (Å²) >= 11 is 0. The smallest absolute Gasteiger partial charge is 0.119 e. The molecule has 1 aromatic rings. The molecule has 1 aromatic carbocycles. The summed E-state index contributed by atoms with van der Waals surface area (Å²) in [7, 11) is 5.88. The average Bonchev–Trinajstić information content (AvgIpc) is 2.28. The molecule has 16 heavy (non-hydrogen) atoms. The maximum atomic E-state index is 5.25. The van der Waals surface area contributed by atoms with Gasteiger partial charge >= 0.3 is 0 Å². The topological polar surface area (TPSA) is 24.5 Å². The highest BCUT2D eigenvalue weighted by Crippen LogP contribution is 2.19. The second kappa shape index (κ2) is 6.51. The van der Waals surface area contributed by atoms with E-state index < -0.39 is 0 Å². The molecule has 1 atom stereocenters. The van der Waals surface area contributed by atoms with Gasteiger partial charge in [0.2, 0.25) is 0 Å². The Morgan fingerprint density at radius 2 is 2.12 bits per heavy atom. The third-order valence-electron chi connectivity index (χ3n) is 2.49. The summed E-state index contributed by atoms with van der Waals surface area (Å²) in [4.78, 5) is 2.19. The third-order valence-corrected chi connectivity index (χ3v) is 2.49. The number of nitrogens with one attached hydrogen (secondary N) is 1. The van der Waals surface area contributed by atoms with Crippen molar-refractivity contribution in [1.29, 1.82) is 0 Å². The Balaban J connectivity index is 2.82.